The summed E-state index contributed by atoms with van der Waals surface area (Å²) in [4.78, 5) is 0. The van der Waals surface area contributed by atoms with Gasteiger partial charge in [-0.2, -0.15) is 0 Å². The molecule has 0 spiro atoms. The van der Waals surface area contributed by atoms with Gasteiger partial charge in [-0.05, 0) is 64.3 Å². The SMILES string of the molecule is CC(Nc1ccc(F)c(Br)c1)c1ccc2c(c1)CCO2. The van der Waals surface area contributed by atoms with Crippen molar-refractivity contribution in [1.82, 2.24) is 0 Å². The second kappa shape index (κ2) is 5.44. The molecule has 2 nitrogen and oxygen atoms in total. The summed E-state index contributed by atoms with van der Waals surface area (Å²) in [5, 5.41) is 3.38. The third kappa shape index (κ3) is 2.66. The predicted molar refractivity (Wildman–Crippen MR) is 81.8 cm³/mol. The standard InChI is InChI=1S/C16H15BrFNO/c1-10(19-13-3-4-15(18)14(17)9-13)11-2-5-16-12(8-11)6-7-20-16/h2-5,8-10,19H,6-7H2,1H3. The summed E-state index contributed by atoms with van der Waals surface area (Å²) in [6.45, 7) is 2.86. The van der Waals surface area contributed by atoms with Crippen LogP contribution in [0, 0.1) is 5.82 Å². The van der Waals surface area contributed by atoms with Crippen LogP contribution in [0.3, 0.4) is 0 Å². The van der Waals surface area contributed by atoms with Gasteiger partial charge >= 0.3 is 0 Å². The highest BCUT2D eigenvalue weighted by atomic mass is 79.9. The van der Waals surface area contributed by atoms with Crippen molar-refractivity contribution in [3.8, 4) is 5.75 Å². The molecule has 1 aliphatic rings. The molecule has 1 heterocycles. The highest BCUT2D eigenvalue weighted by molar-refractivity contribution is 9.10. The molecule has 0 radical (unpaired) electrons. The molecule has 1 unspecified atom stereocenters. The average molecular weight is 336 g/mol. The predicted octanol–water partition coefficient (Wildman–Crippen LogP) is 4.70. The number of halogens is 2. The van der Waals surface area contributed by atoms with Crippen molar-refractivity contribution in [2.24, 2.45) is 0 Å². The van der Waals surface area contributed by atoms with Gasteiger partial charge in [-0.25, -0.2) is 4.39 Å². The van der Waals surface area contributed by atoms with E-state index in [0.29, 0.717) is 4.47 Å². The van der Waals surface area contributed by atoms with E-state index in [-0.39, 0.29) is 11.9 Å². The van der Waals surface area contributed by atoms with Crippen molar-refractivity contribution in [3.63, 3.8) is 0 Å². The van der Waals surface area contributed by atoms with Crippen LogP contribution < -0.4 is 10.1 Å². The van der Waals surface area contributed by atoms with Crippen molar-refractivity contribution in [1.29, 1.82) is 0 Å². The molecular weight excluding hydrogens is 321 g/mol. The van der Waals surface area contributed by atoms with Crippen LogP contribution in [0.1, 0.15) is 24.1 Å². The number of ether oxygens (including phenoxy) is 1. The Kier molecular flexibility index (Phi) is 3.66. The third-order valence-corrected chi connectivity index (χ3v) is 4.12. The van der Waals surface area contributed by atoms with E-state index in [4.69, 9.17) is 4.74 Å². The highest BCUT2D eigenvalue weighted by Gasteiger charge is 2.14. The summed E-state index contributed by atoms with van der Waals surface area (Å²) >= 11 is 3.20. The van der Waals surface area contributed by atoms with E-state index < -0.39 is 0 Å². The fourth-order valence-electron chi connectivity index (χ4n) is 2.40. The molecule has 0 saturated carbocycles. The molecule has 1 aliphatic heterocycles. The molecule has 2 aromatic carbocycles. The maximum atomic E-state index is 13.2. The van der Waals surface area contributed by atoms with Crippen molar-refractivity contribution >= 4 is 21.6 Å². The minimum Gasteiger partial charge on any atom is -0.493 e. The lowest BCUT2D eigenvalue weighted by Gasteiger charge is -2.17. The molecule has 0 fully saturated rings. The Morgan fingerprint density at radius 3 is 2.90 bits per heavy atom. The minimum atomic E-state index is -0.252. The van der Waals surface area contributed by atoms with E-state index in [9.17, 15) is 4.39 Å². The van der Waals surface area contributed by atoms with Gasteiger partial charge in [0.25, 0.3) is 0 Å². The zero-order chi connectivity index (χ0) is 14.1. The van der Waals surface area contributed by atoms with Crippen LogP contribution >= 0.6 is 15.9 Å². The Bertz CT molecular complexity index is 644. The summed E-state index contributed by atoms with van der Waals surface area (Å²) in [7, 11) is 0. The molecular formula is C16H15BrFNO. The molecule has 0 aliphatic carbocycles. The van der Waals surface area contributed by atoms with Gasteiger partial charge in [-0.1, -0.05) is 6.07 Å². The fourth-order valence-corrected chi connectivity index (χ4v) is 2.77. The highest BCUT2D eigenvalue weighted by Crippen LogP contribution is 2.30. The van der Waals surface area contributed by atoms with Gasteiger partial charge in [0.1, 0.15) is 11.6 Å². The maximum Gasteiger partial charge on any atom is 0.137 e. The van der Waals surface area contributed by atoms with Crippen LogP contribution in [0.2, 0.25) is 0 Å². The third-order valence-electron chi connectivity index (χ3n) is 3.52. The molecule has 4 heteroatoms. The molecule has 1 atom stereocenters. The second-order valence-electron chi connectivity index (χ2n) is 4.96. The van der Waals surface area contributed by atoms with Crippen LogP contribution in [-0.2, 0) is 6.42 Å². The molecule has 2 aromatic rings. The number of hydrogen-bond acceptors (Lipinski definition) is 2. The zero-order valence-corrected chi connectivity index (χ0v) is 12.7. The minimum absolute atomic E-state index is 0.151. The topological polar surface area (TPSA) is 21.3 Å². The molecule has 0 amide bonds. The normalized spacial score (nSPS) is 14.6. The van der Waals surface area contributed by atoms with Gasteiger partial charge in [-0.3, -0.25) is 0 Å². The first-order valence-electron chi connectivity index (χ1n) is 6.61. The Morgan fingerprint density at radius 1 is 1.25 bits per heavy atom. The van der Waals surface area contributed by atoms with E-state index in [0.717, 1.165) is 24.5 Å². The number of hydrogen-bond donors (Lipinski definition) is 1. The van der Waals surface area contributed by atoms with E-state index in [1.807, 2.05) is 6.07 Å². The first-order valence-corrected chi connectivity index (χ1v) is 7.40. The Balaban J connectivity index is 1.78. The van der Waals surface area contributed by atoms with Crippen molar-refractivity contribution in [3.05, 3.63) is 57.8 Å². The van der Waals surface area contributed by atoms with Crippen molar-refractivity contribution in [2.45, 2.75) is 19.4 Å². The van der Waals surface area contributed by atoms with Crippen LogP contribution in [0.5, 0.6) is 5.75 Å². The zero-order valence-electron chi connectivity index (χ0n) is 11.1. The molecule has 104 valence electrons. The second-order valence-corrected chi connectivity index (χ2v) is 5.81. The van der Waals surface area contributed by atoms with Gasteiger partial charge in [-0.15, -0.1) is 0 Å². The maximum absolute atomic E-state index is 13.2. The monoisotopic (exact) mass is 335 g/mol. The van der Waals surface area contributed by atoms with Crippen molar-refractivity contribution in [2.75, 3.05) is 11.9 Å². The first kappa shape index (κ1) is 13.4. The Labute approximate surface area is 126 Å². The van der Waals surface area contributed by atoms with E-state index >= 15 is 0 Å². The van der Waals surface area contributed by atoms with Crippen LogP contribution in [0.15, 0.2) is 40.9 Å². The summed E-state index contributed by atoms with van der Waals surface area (Å²) < 4.78 is 19.2. The molecule has 1 N–H and O–H groups in total. The van der Waals surface area contributed by atoms with Crippen LogP contribution in [0.4, 0.5) is 10.1 Å². The average Bonchev–Trinajstić information content (AvgIpc) is 2.90. The smallest absolute Gasteiger partial charge is 0.137 e. The summed E-state index contributed by atoms with van der Waals surface area (Å²) in [6.07, 6.45) is 0.970. The largest absolute Gasteiger partial charge is 0.493 e. The number of rotatable bonds is 3. The number of anilines is 1. The lowest BCUT2D eigenvalue weighted by Crippen LogP contribution is -2.07. The van der Waals surface area contributed by atoms with E-state index in [1.165, 1.54) is 17.2 Å². The number of fused-ring (bicyclic) bond motifs is 1. The molecule has 3 rings (SSSR count). The van der Waals surface area contributed by atoms with E-state index in [2.05, 4.69) is 40.3 Å². The number of benzene rings is 2. The molecule has 20 heavy (non-hydrogen) atoms. The van der Waals surface area contributed by atoms with Crippen LogP contribution in [-0.4, -0.2) is 6.61 Å². The quantitative estimate of drug-likeness (QED) is 0.877. The number of nitrogens with one attached hydrogen (secondary N) is 1. The summed E-state index contributed by atoms with van der Waals surface area (Å²) in [6, 6.07) is 11.4. The van der Waals surface area contributed by atoms with Gasteiger partial charge < -0.3 is 10.1 Å². The van der Waals surface area contributed by atoms with Crippen LogP contribution in [0.25, 0.3) is 0 Å². The molecule has 0 saturated heterocycles. The Morgan fingerprint density at radius 2 is 2.10 bits per heavy atom. The van der Waals surface area contributed by atoms with Gasteiger partial charge in [0, 0.05) is 18.2 Å². The first-order chi connectivity index (χ1) is 9.63. The van der Waals surface area contributed by atoms with Gasteiger partial charge in [0.05, 0.1) is 11.1 Å². The molecule has 0 bridgehead atoms. The molecule has 0 aromatic heterocycles. The fraction of sp³-hybridized carbons (Fsp3) is 0.250. The summed E-state index contributed by atoms with van der Waals surface area (Å²) in [5.41, 5.74) is 3.36. The van der Waals surface area contributed by atoms with E-state index in [1.54, 1.807) is 12.1 Å². The Hall–Kier alpha value is -1.55. The van der Waals surface area contributed by atoms with Gasteiger partial charge in [0.2, 0.25) is 0 Å². The van der Waals surface area contributed by atoms with Crippen molar-refractivity contribution < 1.29 is 9.13 Å². The lowest BCUT2D eigenvalue weighted by molar-refractivity contribution is 0.357. The lowest BCUT2D eigenvalue weighted by atomic mass is 10.0. The van der Waals surface area contributed by atoms with Gasteiger partial charge in [0.15, 0.2) is 0 Å². The summed E-state index contributed by atoms with van der Waals surface area (Å²) in [5.74, 6) is 0.739.